The van der Waals surface area contributed by atoms with Crippen molar-refractivity contribution >= 4 is 5.91 Å². The molecule has 0 aromatic heterocycles. The molecule has 3 N–H and O–H groups in total. The molecule has 4 nitrogen and oxygen atoms in total. The highest BCUT2D eigenvalue weighted by atomic mass is 16.5. The predicted molar refractivity (Wildman–Crippen MR) is 72.3 cm³/mol. The average molecular weight is 250 g/mol. The van der Waals surface area contributed by atoms with E-state index >= 15 is 0 Å². The lowest BCUT2D eigenvalue weighted by Crippen LogP contribution is -2.51. The predicted octanol–water partition coefficient (Wildman–Crippen LogP) is 1.83. The van der Waals surface area contributed by atoms with Crippen LogP contribution in [0.15, 0.2) is 24.3 Å². The van der Waals surface area contributed by atoms with E-state index in [4.69, 9.17) is 10.5 Å². The molecule has 1 aromatic carbocycles. The van der Waals surface area contributed by atoms with Gasteiger partial charge in [0.2, 0.25) is 5.91 Å². The second-order valence-corrected chi connectivity index (χ2v) is 4.70. The van der Waals surface area contributed by atoms with Crippen LogP contribution in [0.5, 0.6) is 5.75 Å². The molecule has 1 aromatic rings. The molecule has 0 bridgehead atoms. The Morgan fingerprint density at radius 3 is 2.83 bits per heavy atom. The fourth-order valence-corrected chi connectivity index (χ4v) is 1.80. The number of nitrogens with two attached hydrogens (primary N) is 1. The van der Waals surface area contributed by atoms with Gasteiger partial charge in [-0.05, 0) is 31.0 Å². The van der Waals surface area contributed by atoms with Crippen molar-refractivity contribution in [3.63, 3.8) is 0 Å². The van der Waals surface area contributed by atoms with Crippen LogP contribution in [-0.2, 0) is 11.3 Å². The lowest BCUT2D eigenvalue weighted by atomic mass is 9.96. The minimum atomic E-state index is -0.798. The van der Waals surface area contributed by atoms with Crippen molar-refractivity contribution in [2.24, 2.45) is 5.73 Å². The monoisotopic (exact) mass is 250 g/mol. The summed E-state index contributed by atoms with van der Waals surface area (Å²) in [5.74, 6) is 0.665. The Bertz CT molecular complexity index is 403. The maximum Gasteiger partial charge on any atom is 0.240 e. The summed E-state index contributed by atoms with van der Waals surface area (Å²) < 4.78 is 5.13. The number of carbonyl (C=O) groups is 1. The zero-order valence-corrected chi connectivity index (χ0v) is 11.3. The standard InChI is InChI=1S/C14H22N2O2/c1-4-8-14(2,15)13(17)16-10-11-6-5-7-12(9-11)18-3/h5-7,9H,4,8,10,15H2,1-3H3,(H,16,17). The first-order chi connectivity index (χ1) is 8.49. The quantitative estimate of drug-likeness (QED) is 0.809. The fraction of sp³-hybridized carbons (Fsp3) is 0.500. The van der Waals surface area contributed by atoms with Crippen molar-refractivity contribution in [2.75, 3.05) is 7.11 Å². The molecular formula is C14H22N2O2. The van der Waals surface area contributed by atoms with Crippen LogP contribution < -0.4 is 15.8 Å². The highest BCUT2D eigenvalue weighted by molar-refractivity contribution is 5.85. The second kappa shape index (κ2) is 6.40. The van der Waals surface area contributed by atoms with E-state index in [1.807, 2.05) is 31.2 Å². The molecule has 0 heterocycles. The molecule has 0 aliphatic carbocycles. The summed E-state index contributed by atoms with van der Waals surface area (Å²) in [6.45, 7) is 4.24. The number of carbonyl (C=O) groups excluding carboxylic acids is 1. The summed E-state index contributed by atoms with van der Waals surface area (Å²) in [7, 11) is 1.62. The first kappa shape index (κ1) is 14.5. The Morgan fingerprint density at radius 1 is 1.50 bits per heavy atom. The number of methoxy groups -OCH3 is 1. The molecule has 1 atom stereocenters. The summed E-state index contributed by atoms with van der Waals surface area (Å²) in [5, 5.41) is 2.86. The van der Waals surface area contributed by atoms with E-state index in [1.165, 1.54) is 0 Å². The molecule has 0 saturated heterocycles. The molecule has 1 amide bonds. The summed E-state index contributed by atoms with van der Waals surface area (Å²) in [4.78, 5) is 11.9. The fourth-order valence-electron chi connectivity index (χ4n) is 1.80. The number of benzene rings is 1. The van der Waals surface area contributed by atoms with Crippen LogP contribution in [0.4, 0.5) is 0 Å². The van der Waals surface area contributed by atoms with Gasteiger partial charge < -0.3 is 15.8 Å². The largest absolute Gasteiger partial charge is 0.497 e. The molecule has 18 heavy (non-hydrogen) atoms. The summed E-state index contributed by atoms with van der Waals surface area (Å²) in [5.41, 5.74) is 6.15. The van der Waals surface area contributed by atoms with Gasteiger partial charge in [-0.3, -0.25) is 4.79 Å². The number of hydrogen-bond acceptors (Lipinski definition) is 3. The van der Waals surface area contributed by atoms with Crippen LogP contribution in [-0.4, -0.2) is 18.6 Å². The molecule has 100 valence electrons. The Morgan fingerprint density at radius 2 is 2.22 bits per heavy atom. The zero-order chi connectivity index (χ0) is 13.6. The van der Waals surface area contributed by atoms with E-state index in [9.17, 15) is 4.79 Å². The lowest BCUT2D eigenvalue weighted by Gasteiger charge is -2.22. The van der Waals surface area contributed by atoms with Crippen LogP contribution in [0.1, 0.15) is 32.3 Å². The van der Waals surface area contributed by atoms with Gasteiger partial charge in [-0.25, -0.2) is 0 Å². The minimum absolute atomic E-state index is 0.118. The van der Waals surface area contributed by atoms with Crippen LogP contribution >= 0.6 is 0 Å². The summed E-state index contributed by atoms with van der Waals surface area (Å²) in [6.07, 6.45) is 1.57. The molecule has 4 heteroatoms. The number of rotatable bonds is 6. The van der Waals surface area contributed by atoms with E-state index in [1.54, 1.807) is 14.0 Å². The maximum absolute atomic E-state index is 11.9. The van der Waals surface area contributed by atoms with Crippen LogP contribution in [0.25, 0.3) is 0 Å². The molecule has 0 saturated carbocycles. The van der Waals surface area contributed by atoms with Gasteiger partial charge in [-0.1, -0.05) is 25.5 Å². The normalized spacial score (nSPS) is 13.8. The smallest absolute Gasteiger partial charge is 0.240 e. The third-order valence-corrected chi connectivity index (χ3v) is 2.88. The first-order valence-electron chi connectivity index (χ1n) is 6.19. The van der Waals surface area contributed by atoms with Crippen LogP contribution in [0.3, 0.4) is 0 Å². The van der Waals surface area contributed by atoms with Crippen molar-refractivity contribution < 1.29 is 9.53 Å². The van der Waals surface area contributed by atoms with Gasteiger partial charge in [0.25, 0.3) is 0 Å². The molecule has 0 fully saturated rings. The zero-order valence-electron chi connectivity index (χ0n) is 11.3. The minimum Gasteiger partial charge on any atom is -0.497 e. The molecule has 1 rings (SSSR count). The lowest BCUT2D eigenvalue weighted by molar-refractivity contribution is -0.126. The van der Waals surface area contributed by atoms with Gasteiger partial charge >= 0.3 is 0 Å². The highest BCUT2D eigenvalue weighted by Crippen LogP contribution is 2.13. The van der Waals surface area contributed by atoms with Gasteiger partial charge in [0.1, 0.15) is 5.75 Å². The van der Waals surface area contributed by atoms with E-state index in [0.717, 1.165) is 17.7 Å². The van der Waals surface area contributed by atoms with Crippen LogP contribution in [0, 0.1) is 0 Å². The number of amides is 1. The van der Waals surface area contributed by atoms with E-state index < -0.39 is 5.54 Å². The average Bonchev–Trinajstić information content (AvgIpc) is 2.36. The van der Waals surface area contributed by atoms with Crippen molar-refractivity contribution in [3.8, 4) is 5.75 Å². The van der Waals surface area contributed by atoms with Gasteiger partial charge in [0.05, 0.1) is 12.6 Å². The van der Waals surface area contributed by atoms with Gasteiger partial charge in [0, 0.05) is 6.54 Å². The first-order valence-corrected chi connectivity index (χ1v) is 6.19. The molecular weight excluding hydrogens is 228 g/mol. The third-order valence-electron chi connectivity index (χ3n) is 2.88. The van der Waals surface area contributed by atoms with Crippen molar-refractivity contribution in [1.29, 1.82) is 0 Å². The van der Waals surface area contributed by atoms with Crippen molar-refractivity contribution in [3.05, 3.63) is 29.8 Å². The second-order valence-electron chi connectivity index (χ2n) is 4.70. The third kappa shape index (κ3) is 4.04. The highest BCUT2D eigenvalue weighted by Gasteiger charge is 2.26. The number of ether oxygens (including phenoxy) is 1. The Kier molecular flexibility index (Phi) is 5.16. The van der Waals surface area contributed by atoms with Gasteiger partial charge in [-0.2, -0.15) is 0 Å². The van der Waals surface area contributed by atoms with Crippen molar-refractivity contribution in [2.45, 2.75) is 38.8 Å². The SMILES string of the molecule is CCCC(C)(N)C(=O)NCc1cccc(OC)c1. The summed E-state index contributed by atoms with van der Waals surface area (Å²) >= 11 is 0. The van der Waals surface area contributed by atoms with Gasteiger partial charge in [0.15, 0.2) is 0 Å². The Balaban J connectivity index is 2.56. The van der Waals surface area contributed by atoms with Crippen molar-refractivity contribution in [1.82, 2.24) is 5.32 Å². The summed E-state index contributed by atoms with van der Waals surface area (Å²) in [6, 6.07) is 7.61. The molecule has 0 spiro atoms. The molecule has 0 aliphatic rings. The van der Waals surface area contributed by atoms with E-state index in [0.29, 0.717) is 13.0 Å². The van der Waals surface area contributed by atoms with E-state index in [-0.39, 0.29) is 5.91 Å². The molecule has 1 unspecified atom stereocenters. The number of hydrogen-bond donors (Lipinski definition) is 2. The molecule has 0 aliphatic heterocycles. The molecule has 0 radical (unpaired) electrons. The topological polar surface area (TPSA) is 64.4 Å². The van der Waals surface area contributed by atoms with Crippen LogP contribution in [0.2, 0.25) is 0 Å². The Hall–Kier alpha value is -1.55. The van der Waals surface area contributed by atoms with E-state index in [2.05, 4.69) is 5.32 Å². The van der Waals surface area contributed by atoms with Gasteiger partial charge in [-0.15, -0.1) is 0 Å². The Labute approximate surface area is 109 Å². The number of nitrogens with one attached hydrogen (secondary N) is 1. The maximum atomic E-state index is 11.9.